The molecule has 0 spiro atoms. The highest BCUT2D eigenvalue weighted by atomic mass is 16.6. The van der Waals surface area contributed by atoms with E-state index >= 15 is 0 Å². The van der Waals surface area contributed by atoms with Gasteiger partial charge >= 0.3 is 0 Å². The van der Waals surface area contributed by atoms with Gasteiger partial charge in [-0.1, -0.05) is 12.5 Å². The Labute approximate surface area is 113 Å². The van der Waals surface area contributed by atoms with Crippen LogP contribution in [0.25, 0.3) is 0 Å². The predicted octanol–water partition coefficient (Wildman–Crippen LogP) is 3.49. The van der Waals surface area contributed by atoms with Gasteiger partial charge in [-0.05, 0) is 39.2 Å². The molecule has 1 aromatic rings. The van der Waals surface area contributed by atoms with Crippen molar-refractivity contribution in [3.05, 3.63) is 33.9 Å². The van der Waals surface area contributed by atoms with Gasteiger partial charge in [-0.2, -0.15) is 0 Å². The molecular formula is C14H21N3O2. The average Bonchev–Trinajstić information content (AvgIpc) is 2.35. The number of hydrogen-bond donors (Lipinski definition) is 1. The van der Waals surface area contributed by atoms with E-state index in [2.05, 4.69) is 24.3 Å². The molecule has 0 amide bonds. The molecule has 2 rings (SSSR count). The van der Waals surface area contributed by atoms with Crippen molar-refractivity contribution < 1.29 is 4.92 Å². The lowest BCUT2D eigenvalue weighted by Crippen LogP contribution is -2.47. The van der Waals surface area contributed by atoms with Crippen LogP contribution in [0.2, 0.25) is 0 Å². The highest BCUT2D eigenvalue weighted by Crippen LogP contribution is 2.27. The lowest BCUT2D eigenvalue weighted by Gasteiger charge is -2.39. The van der Waals surface area contributed by atoms with Crippen molar-refractivity contribution in [1.29, 1.82) is 0 Å². The zero-order chi connectivity index (χ0) is 14.0. The van der Waals surface area contributed by atoms with Crippen LogP contribution in [0.5, 0.6) is 0 Å². The third kappa shape index (κ3) is 3.04. The molecule has 1 fully saturated rings. The molecule has 1 saturated heterocycles. The maximum absolute atomic E-state index is 10.8. The van der Waals surface area contributed by atoms with Crippen molar-refractivity contribution in [2.45, 2.75) is 52.1 Å². The third-order valence-corrected chi connectivity index (χ3v) is 3.88. The lowest BCUT2D eigenvalue weighted by atomic mass is 10.00. The summed E-state index contributed by atoms with van der Waals surface area (Å²) in [4.78, 5) is 10.5. The fraction of sp³-hybridized carbons (Fsp3) is 0.571. The summed E-state index contributed by atoms with van der Waals surface area (Å²) in [7, 11) is 0. The summed E-state index contributed by atoms with van der Waals surface area (Å²) in [5, 5.41) is 13.1. The second-order valence-corrected chi connectivity index (χ2v) is 5.40. The van der Waals surface area contributed by atoms with Gasteiger partial charge in [-0.25, -0.2) is 5.01 Å². The summed E-state index contributed by atoms with van der Waals surface area (Å²) < 4.78 is 0. The molecule has 5 heteroatoms. The van der Waals surface area contributed by atoms with Crippen LogP contribution >= 0.6 is 0 Å². The molecule has 0 aliphatic carbocycles. The van der Waals surface area contributed by atoms with Crippen molar-refractivity contribution >= 4 is 11.4 Å². The Hall–Kier alpha value is -1.62. The smallest absolute Gasteiger partial charge is 0.271 e. The first-order valence-electron chi connectivity index (χ1n) is 6.79. The molecule has 19 heavy (non-hydrogen) atoms. The minimum atomic E-state index is -0.353. The van der Waals surface area contributed by atoms with Crippen molar-refractivity contribution in [3.8, 4) is 0 Å². The van der Waals surface area contributed by atoms with E-state index in [9.17, 15) is 10.1 Å². The molecule has 1 N–H and O–H groups in total. The fourth-order valence-electron chi connectivity index (χ4n) is 2.62. The number of benzene rings is 1. The van der Waals surface area contributed by atoms with Crippen molar-refractivity contribution in [3.63, 3.8) is 0 Å². The number of rotatable bonds is 3. The molecule has 0 aromatic heterocycles. The highest BCUT2D eigenvalue weighted by Gasteiger charge is 2.25. The fourth-order valence-corrected chi connectivity index (χ4v) is 2.62. The van der Waals surface area contributed by atoms with Crippen LogP contribution in [0.15, 0.2) is 18.2 Å². The summed E-state index contributed by atoms with van der Waals surface area (Å²) in [5.41, 5.74) is 5.36. The third-order valence-electron chi connectivity index (χ3n) is 3.88. The molecule has 2 unspecified atom stereocenters. The first kappa shape index (κ1) is 13.8. The maximum atomic E-state index is 10.8. The Morgan fingerprint density at radius 3 is 2.53 bits per heavy atom. The predicted molar refractivity (Wildman–Crippen MR) is 76.1 cm³/mol. The Kier molecular flexibility index (Phi) is 4.04. The van der Waals surface area contributed by atoms with E-state index in [4.69, 9.17) is 0 Å². The van der Waals surface area contributed by atoms with Gasteiger partial charge in [0.25, 0.3) is 5.69 Å². The SMILES string of the molecule is Cc1ccc([N+](=O)[O-])cc1NN1C(C)CCCC1C. The van der Waals surface area contributed by atoms with Gasteiger partial charge in [0.05, 0.1) is 10.6 Å². The van der Waals surface area contributed by atoms with Crippen molar-refractivity contribution in [2.24, 2.45) is 0 Å². The molecule has 104 valence electrons. The van der Waals surface area contributed by atoms with E-state index in [1.807, 2.05) is 6.92 Å². The Morgan fingerprint density at radius 2 is 1.95 bits per heavy atom. The molecule has 0 radical (unpaired) electrons. The van der Waals surface area contributed by atoms with Crippen LogP contribution in [-0.4, -0.2) is 22.0 Å². The summed E-state index contributed by atoms with van der Waals surface area (Å²) in [6.07, 6.45) is 3.56. The first-order valence-corrected chi connectivity index (χ1v) is 6.79. The number of aryl methyl sites for hydroxylation is 1. The molecule has 0 saturated carbocycles. The second kappa shape index (κ2) is 5.57. The summed E-state index contributed by atoms with van der Waals surface area (Å²) in [5.74, 6) is 0. The van der Waals surface area contributed by atoms with Crippen LogP contribution in [0, 0.1) is 17.0 Å². The summed E-state index contributed by atoms with van der Waals surface area (Å²) >= 11 is 0. The Morgan fingerprint density at radius 1 is 1.32 bits per heavy atom. The van der Waals surface area contributed by atoms with Gasteiger partial charge in [-0.15, -0.1) is 0 Å². The van der Waals surface area contributed by atoms with Crippen molar-refractivity contribution in [2.75, 3.05) is 5.43 Å². The Bertz CT molecular complexity index is 466. The quantitative estimate of drug-likeness (QED) is 0.670. The maximum Gasteiger partial charge on any atom is 0.271 e. The zero-order valence-corrected chi connectivity index (χ0v) is 11.7. The lowest BCUT2D eigenvalue weighted by molar-refractivity contribution is -0.384. The molecule has 5 nitrogen and oxygen atoms in total. The molecule has 1 aliphatic heterocycles. The number of nitrogens with zero attached hydrogens (tertiary/aromatic N) is 2. The van der Waals surface area contributed by atoms with E-state index in [0.717, 1.165) is 24.1 Å². The molecule has 2 atom stereocenters. The second-order valence-electron chi connectivity index (χ2n) is 5.40. The van der Waals surface area contributed by atoms with Gasteiger partial charge in [0.1, 0.15) is 0 Å². The topological polar surface area (TPSA) is 58.4 Å². The molecule has 1 heterocycles. The first-order chi connectivity index (χ1) is 8.99. The number of piperidine rings is 1. The number of nitro groups is 1. The zero-order valence-electron chi connectivity index (χ0n) is 11.7. The van der Waals surface area contributed by atoms with Crippen molar-refractivity contribution in [1.82, 2.24) is 5.01 Å². The summed E-state index contributed by atoms with van der Waals surface area (Å²) in [6.45, 7) is 6.34. The number of hydrazine groups is 1. The average molecular weight is 263 g/mol. The van der Waals surface area contributed by atoms with Gasteiger partial charge in [0, 0.05) is 24.2 Å². The minimum Gasteiger partial charge on any atom is -0.318 e. The number of hydrogen-bond acceptors (Lipinski definition) is 4. The van der Waals surface area contributed by atoms with Crippen LogP contribution in [-0.2, 0) is 0 Å². The van der Waals surface area contributed by atoms with Gasteiger partial charge < -0.3 is 5.43 Å². The number of nitro benzene ring substituents is 1. The van der Waals surface area contributed by atoms with E-state index in [1.54, 1.807) is 18.2 Å². The minimum absolute atomic E-state index is 0.130. The molecule has 0 bridgehead atoms. The van der Waals surface area contributed by atoms with E-state index < -0.39 is 0 Å². The monoisotopic (exact) mass is 263 g/mol. The van der Waals surface area contributed by atoms with E-state index in [-0.39, 0.29) is 10.6 Å². The van der Waals surface area contributed by atoms with Gasteiger partial charge in [-0.3, -0.25) is 10.1 Å². The van der Waals surface area contributed by atoms with Crippen LogP contribution in [0.1, 0.15) is 38.7 Å². The van der Waals surface area contributed by atoms with Crippen LogP contribution in [0.4, 0.5) is 11.4 Å². The number of anilines is 1. The number of non-ortho nitro benzene ring substituents is 1. The standard InChI is InChI=1S/C14H21N3O2/c1-10-7-8-13(17(18)19)9-14(10)15-16-11(2)5-4-6-12(16)3/h7-9,11-12,15H,4-6H2,1-3H3. The Balaban J connectivity index is 2.21. The normalized spacial score (nSPS) is 24.2. The van der Waals surface area contributed by atoms with Gasteiger partial charge in [0.2, 0.25) is 0 Å². The van der Waals surface area contributed by atoms with E-state index in [1.165, 1.54) is 6.42 Å². The van der Waals surface area contributed by atoms with Crippen LogP contribution in [0.3, 0.4) is 0 Å². The number of nitrogens with one attached hydrogen (secondary N) is 1. The summed E-state index contributed by atoms with van der Waals surface area (Å²) in [6, 6.07) is 5.84. The molecule has 1 aromatic carbocycles. The molecule has 1 aliphatic rings. The van der Waals surface area contributed by atoms with Gasteiger partial charge in [0.15, 0.2) is 0 Å². The molecular weight excluding hydrogens is 242 g/mol. The largest absolute Gasteiger partial charge is 0.318 e. The van der Waals surface area contributed by atoms with Crippen LogP contribution < -0.4 is 5.43 Å². The highest BCUT2D eigenvalue weighted by molar-refractivity contribution is 5.56. The van der Waals surface area contributed by atoms with E-state index in [0.29, 0.717) is 12.1 Å².